The van der Waals surface area contributed by atoms with Crippen molar-refractivity contribution < 1.29 is 4.39 Å². The summed E-state index contributed by atoms with van der Waals surface area (Å²) in [5.74, 6) is -0.177. The number of rotatable bonds is 8. The van der Waals surface area contributed by atoms with Crippen molar-refractivity contribution in [1.29, 1.82) is 0 Å². The van der Waals surface area contributed by atoms with Crippen molar-refractivity contribution in [2.24, 2.45) is 0 Å². The van der Waals surface area contributed by atoms with Crippen molar-refractivity contribution in [3.8, 4) is 0 Å². The van der Waals surface area contributed by atoms with E-state index in [-0.39, 0.29) is 5.82 Å². The third-order valence-corrected chi connectivity index (χ3v) is 4.30. The quantitative estimate of drug-likeness (QED) is 0.741. The van der Waals surface area contributed by atoms with Gasteiger partial charge in [0, 0.05) is 29.4 Å². The van der Waals surface area contributed by atoms with Crippen LogP contribution in [0.4, 0.5) is 4.39 Å². The lowest BCUT2D eigenvalue weighted by Crippen LogP contribution is -2.16. The zero-order valence-corrected chi connectivity index (χ0v) is 13.5. The Morgan fingerprint density at radius 3 is 2.48 bits per heavy atom. The van der Waals surface area contributed by atoms with E-state index >= 15 is 0 Å². The number of hydrogen-bond acceptors (Lipinski definition) is 3. The molecule has 0 fully saturated rings. The standard InChI is InChI=1S/C17H23FN2S/c1-3-10-19-11-16-8-9-17(21-16)13-20(2)12-14-4-6-15(18)7-5-14/h4-9,19H,3,10-13H2,1-2H3. The fourth-order valence-corrected chi connectivity index (χ4v) is 3.28. The SMILES string of the molecule is CCCNCc1ccc(CN(C)Cc2ccc(F)cc2)s1. The summed E-state index contributed by atoms with van der Waals surface area (Å²) in [5.41, 5.74) is 1.14. The molecule has 4 heteroatoms. The first-order valence-electron chi connectivity index (χ1n) is 7.38. The van der Waals surface area contributed by atoms with Gasteiger partial charge in [-0.15, -0.1) is 11.3 Å². The van der Waals surface area contributed by atoms with Gasteiger partial charge in [-0.25, -0.2) is 4.39 Å². The van der Waals surface area contributed by atoms with Crippen molar-refractivity contribution in [2.45, 2.75) is 33.0 Å². The van der Waals surface area contributed by atoms with Crippen LogP contribution in [0.15, 0.2) is 36.4 Å². The molecule has 2 nitrogen and oxygen atoms in total. The summed E-state index contributed by atoms with van der Waals surface area (Å²) in [7, 11) is 2.10. The summed E-state index contributed by atoms with van der Waals surface area (Å²) in [5, 5.41) is 3.42. The molecule has 1 N–H and O–H groups in total. The second-order valence-electron chi connectivity index (χ2n) is 5.34. The first kappa shape index (κ1) is 16.1. The Hall–Kier alpha value is -1.23. The molecule has 0 amide bonds. The summed E-state index contributed by atoms with van der Waals surface area (Å²) in [6.45, 7) is 5.96. The van der Waals surface area contributed by atoms with Gasteiger partial charge in [-0.3, -0.25) is 4.90 Å². The second-order valence-corrected chi connectivity index (χ2v) is 6.60. The van der Waals surface area contributed by atoms with Crippen molar-refractivity contribution in [1.82, 2.24) is 10.2 Å². The Morgan fingerprint density at radius 2 is 1.76 bits per heavy atom. The minimum atomic E-state index is -0.177. The molecule has 0 aliphatic carbocycles. The van der Waals surface area contributed by atoms with Gasteiger partial charge in [0.2, 0.25) is 0 Å². The highest BCUT2D eigenvalue weighted by molar-refractivity contribution is 7.11. The van der Waals surface area contributed by atoms with Gasteiger partial charge in [0.25, 0.3) is 0 Å². The number of thiophene rings is 1. The second kappa shape index (κ2) is 8.27. The van der Waals surface area contributed by atoms with Gasteiger partial charge in [0.05, 0.1) is 0 Å². The fourth-order valence-electron chi connectivity index (χ4n) is 2.21. The number of hydrogen-bond donors (Lipinski definition) is 1. The molecule has 0 spiro atoms. The molecule has 21 heavy (non-hydrogen) atoms. The molecular weight excluding hydrogens is 283 g/mol. The van der Waals surface area contributed by atoms with Crippen LogP contribution in [0, 0.1) is 5.82 Å². The van der Waals surface area contributed by atoms with Crippen LogP contribution in [0.5, 0.6) is 0 Å². The highest BCUT2D eigenvalue weighted by atomic mass is 32.1. The number of nitrogens with one attached hydrogen (secondary N) is 1. The van der Waals surface area contributed by atoms with Crippen molar-refractivity contribution in [2.75, 3.05) is 13.6 Å². The molecular formula is C17H23FN2S. The summed E-state index contributed by atoms with van der Waals surface area (Å²) >= 11 is 1.86. The van der Waals surface area contributed by atoms with Crippen LogP contribution in [0.2, 0.25) is 0 Å². The zero-order valence-electron chi connectivity index (χ0n) is 12.7. The fraction of sp³-hybridized carbons (Fsp3) is 0.412. The topological polar surface area (TPSA) is 15.3 Å². The molecule has 0 radical (unpaired) electrons. The molecule has 2 rings (SSSR count). The smallest absolute Gasteiger partial charge is 0.123 e. The van der Waals surface area contributed by atoms with Gasteiger partial charge in [-0.05, 0) is 49.8 Å². The third-order valence-electron chi connectivity index (χ3n) is 3.23. The third kappa shape index (κ3) is 5.58. The first-order chi connectivity index (χ1) is 10.2. The largest absolute Gasteiger partial charge is 0.312 e. The van der Waals surface area contributed by atoms with Crippen molar-refractivity contribution >= 4 is 11.3 Å². The average Bonchev–Trinajstić information content (AvgIpc) is 2.89. The monoisotopic (exact) mass is 306 g/mol. The van der Waals surface area contributed by atoms with Crippen LogP contribution in [0.1, 0.15) is 28.7 Å². The van der Waals surface area contributed by atoms with E-state index in [2.05, 4.69) is 36.3 Å². The summed E-state index contributed by atoms with van der Waals surface area (Å²) < 4.78 is 12.9. The molecule has 0 unspecified atom stereocenters. The highest BCUT2D eigenvalue weighted by Crippen LogP contribution is 2.18. The Kier molecular flexibility index (Phi) is 6.36. The van der Waals surface area contributed by atoms with Gasteiger partial charge in [0.1, 0.15) is 5.82 Å². The van der Waals surface area contributed by atoms with E-state index in [0.29, 0.717) is 0 Å². The molecule has 1 aromatic heterocycles. The van der Waals surface area contributed by atoms with Crippen LogP contribution in [-0.2, 0) is 19.6 Å². The van der Waals surface area contributed by atoms with Gasteiger partial charge in [-0.1, -0.05) is 19.1 Å². The Labute approximate surface area is 130 Å². The van der Waals surface area contributed by atoms with Crippen molar-refractivity contribution in [3.63, 3.8) is 0 Å². The molecule has 0 atom stereocenters. The molecule has 2 aromatic rings. The first-order valence-corrected chi connectivity index (χ1v) is 8.20. The zero-order chi connectivity index (χ0) is 15.1. The minimum Gasteiger partial charge on any atom is -0.312 e. The van der Waals surface area contributed by atoms with E-state index in [1.54, 1.807) is 0 Å². The van der Waals surface area contributed by atoms with Crippen LogP contribution in [-0.4, -0.2) is 18.5 Å². The Balaban J connectivity index is 1.82. The maximum atomic E-state index is 12.9. The van der Waals surface area contributed by atoms with Crippen molar-refractivity contribution in [3.05, 3.63) is 57.5 Å². The summed E-state index contributed by atoms with van der Waals surface area (Å²) in [6.07, 6.45) is 1.17. The minimum absolute atomic E-state index is 0.177. The molecule has 1 heterocycles. The molecule has 0 aliphatic rings. The van der Waals surface area contributed by atoms with E-state index < -0.39 is 0 Å². The van der Waals surface area contributed by atoms with Crippen LogP contribution < -0.4 is 5.32 Å². The van der Waals surface area contributed by atoms with E-state index in [9.17, 15) is 4.39 Å². The lowest BCUT2D eigenvalue weighted by atomic mass is 10.2. The summed E-state index contributed by atoms with van der Waals surface area (Å²) in [6, 6.07) is 11.1. The van der Waals surface area contributed by atoms with Gasteiger partial charge in [0.15, 0.2) is 0 Å². The van der Waals surface area contributed by atoms with Gasteiger partial charge >= 0.3 is 0 Å². The molecule has 0 saturated carbocycles. The summed E-state index contributed by atoms with van der Waals surface area (Å²) in [4.78, 5) is 5.00. The highest BCUT2D eigenvalue weighted by Gasteiger charge is 2.05. The molecule has 0 bridgehead atoms. The van der Waals surface area contributed by atoms with Gasteiger partial charge in [-0.2, -0.15) is 0 Å². The average molecular weight is 306 g/mol. The van der Waals surface area contributed by atoms with Gasteiger partial charge < -0.3 is 5.32 Å². The Morgan fingerprint density at radius 1 is 1.05 bits per heavy atom. The molecule has 0 aliphatic heterocycles. The van der Waals surface area contributed by atoms with E-state index in [1.165, 1.54) is 28.3 Å². The maximum absolute atomic E-state index is 12.9. The number of nitrogens with zero attached hydrogens (tertiary/aromatic N) is 1. The number of halogens is 1. The normalized spacial score (nSPS) is 11.2. The molecule has 0 saturated heterocycles. The predicted octanol–water partition coefficient (Wildman–Crippen LogP) is 4.02. The number of benzene rings is 1. The predicted molar refractivity (Wildman–Crippen MR) is 87.9 cm³/mol. The van der Waals surface area contributed by atoms with E-state index in [0.717, 1.165) is 31.7 Å². The molecule has 1 aromatic carbocycles. The Bertz CT molecular complexity index is 536. The lowest BCUT2D eigenvalue weighted by molar-refractivity contribution is 0.322. The van der Waals surface area contributed by atoms with Crippen LogP contribution in [0.25, 0.3) is 0 Å². The van der Waals surface area contributed by atoms with E-state index in [4.69, 9.17) is 0 Å². The maximum Gasteiger partial charge on any atom is 0.123 e. The van der Waals surface area contributed by atoms with Crippen LogP contribution >= 0.6 is 11.3 Å². The lowest BCUT2D eigenvalue weighted by Gasteiger charge is -2.15. The molecule has 114 valence electrons. The van der Waals surface area contributed by atoms with E-state index in [1.807, 2.05) is 23.5 Å². The van der Waals surface area contributed by atoms with Crippen LogP contribution in [0.3, 0.4) is 0 Å².